The molecule has 5 heteroatoms. The Kier molecular flexibility index (Phi) is 5.77. The summed E-state index contributed by atoms with van der Waals surface area (Å²) in [4.78, 5) is 12.5. The van der Waals surface area contributed by atoms with Crippen molar-refractivity contribution in [2.45, 2.75) is 26.7 Å². The number of hydrogen-bond acceptors (Lipinski definition) is 2. The van der Waals surface area contributed by atoms with Gasteiger partial charge < -0.3 is 5.32 Å². The number of halogens is 2. The lowest BCUT2D eigenvalue weighted by molar-refractivity contribution is 0.0936. The van der Waals surface area contributed by atoms with Crippen LogP contribution in [0, 0.1) is 5.41 Å². The molecule has 0 saturated carbocycles. The molecular weight excluding hydrogens is 277 g/mol. The first kappa shape index (κ1) is 14.8. The largest absolute Gasteiger partial charge is 0.351 e. The normalized spacial score (nSPS) is 11.5. The molecule has 1 N–H and O–H groups in total. The lowest BCUT2D eigenvalue weighted by atomic mass is 9.84. The molecule has 0 aromatic carbocycles. The van der Waals surface area contributed by atoms with Crippen LogP contribution in [0.15, 0.2) is 11.4 Å². The molecule has 0 aliphatic heterocycles. The number of carbonyl (C=O) groups excluding carboxylic acids is 1. The zero-order valence-corrected chi connectivity index (χ0v) is 12.4. The van der Waals surface area contributed by atoms with E-state index in [-0.39, 0.29) is 11.3 Å². The Hall–Kier alpha value is -0.250. The highest BCUT2D eigenvalue weighted by Crippen LogP contribution is 2.27. The Morgan fingerprint density at radius 3 is 2.53 bits per heavy atom. The van der Waals surface area contributed by atoms with Gasteiger partial charge in [-0.1, -0.05) is 25.4 Å². The number of rotatable bonds is 6. The van der Waals surface area contributed by atoms with Gasteiger partial charge in [-0.25, -0.2) is 0 Å². The van der Waals surface area contributed by atoms with Crippen LogP contribution in [-0.4, -0.2) is 18.3 Å². The lowest BCUT2D eigenvalue weighted by Gasteiger charge is -2.29. The average molecular weight is 294 g/mol. The number of thiophene rings is 1. The maximum absolute atomic E-state index is 11.9. The van der Waals surface area contributed by atoms with Gasteiger partial charge in [0.05, 0.1) is 5.02 Å². The molecule has 1 aromatic rings. The van der Waals surface area contributed by atoms with E-state index in [1.165, 1.54) is 11.3 Å². The molecule has 0 bridgehead atoms. The number of amides is 1. The van der Waals surface area contributed by atoms with E-state index >= 15 is 0 Å². The second-order valence-corrected chi connectivity index (χ2v) is 5.71. The van der Waals surface area contributed by atoms with Crippen LogP contribution >= 0.6 is 34.5 Å². The number of nitrogens with one attached hydrogen (secondary N) is 1. The monoisotopic (exact) mass is 293 g/mol. The van der Waals surface area contributed by atoms with Gasteiger partial charge in [-0.2, -0.15) is 0 Å². The van der Waals surface area contributed by atoms with Crippen LogP contribution < -0.4 is 5.32 Å². The fourth-order valence-electron chi connectivity index (χ4n) is 1.54. The molecule has 17 heavy (non-hydrogen) atoms. The number of hydrogen-bond donors (Lipinski definition) is 1. The van der Waals surface area contributed by atoms with Gasteiger partial charge in [0, 0.05) is 17.8 Å². The highest BCUT2D eigenvalue weighted by atomic mass is 35.5. The molecule has 0 spiro atoms. The molecule has 0 aliphatic carbocycles. The van der Waals surface area contributed by atoms with Crippen LogP contribution in [0.1, 0.15) is 36.4 Å². The quantitative estimate of drug-likeness (QED) is 0.784. The van der Waals surface area contributed by atoms with Crippen LogP contribution in [0.25, 0.3) is 0 Å². The molecule has 0 radical (unpaired) electrons. The zero-order valence-electron chi connectivity index (χ0n) is 10.1. The summed E-state index contributed by atoms with van der Waals surface area (Å²) in [5, 5.41) is 5.24. The molecule has 0 atom stereocenters. The van der Waals surface area contributed by atoms with E-state index in [1.807, 2.05) is 5.38 Å². The summed E-state index contributed by atoms with van der Waals surface area (Å²) in [6, 6.07) is 1.73. The van der Waals surface area contributed by atoms with Crippen LogP contribution in [-0.2, 0) is 0 Å². The van der Waals surface area contributed by atoms with E-state index in [1.54, 1.807) is 6.07 Å². The summed E-state index contributed by atoms with van der Waals surface area (Å²) in [5.41, 5.74) is -0.0129. The Bertz CT molecular complexity index is 366. The minimum absolute atomic E-state index is 0.0129. The van der Waals surface area contributed by atoms with Crippen molar-refractivity contribution in [3.05, 3.63) is 21.3 Å². The van der Waals surface area contributed by atoms with E-state index in [2.05, 4.69) is 19.2 Å². The van der Waals surface area contributed by atoms with Gasteiger partial charge in [-0.3, -0.25) is 4.79 Å². The molecular formula is C12H17Cl2NOS. The van der Waals surface area contributed by atoms with Crippen molar-refractivity contribution in [3.63, 3.8) is 0 Å². The smallest absolute Gasteiger partial charge is 0.262 e. The Morgan fingerprint density at radius 2 is 2.12 bits per heavy atom. The first-order valence-electron chi connectivity index (χ1n) is 5.65. The summed E-state index contributed by atoms with van der Waals surface area (Å²) in [6.07, 6.45) is 1.90. The summed E-state index contributed by atoms with van der Waals surface area (Å²) in [5.74, 6) is 0.444. The molecule has 0 saturated heterocycles. The van der Waals surface area contributed by atoms with Crippen LogP contribution in [0.4, 0.5) is 0 Å². The maximum atomic E-state index is 11.9. The average Bonchev–Trinajstić information content (AvgIpc) is 2.78. The van der Waals surface area contributed by atoms with Crippen LogP contribution in [0.3, 0.4) is 0 Å². The molecule has 1 rings (SSSR count). The van der Waals surface area contributed by atoms with Gasteiger partial charge in [0.2, 0.25) is 0 Å². The summed E-state index contributed by atoms with van der Waals surface area (Å²) >= 11 is 13.3. The molecule has 96 valence electrons. The second-order valence-electron chi connectivity index (χ2n) is 4.12. The van der Waals surface area contributed by atoms with Gasteiger partial charge in [0.1, 0.15) is 4.88 Å². The van der Waals surface area contributed by atoms with E-state index in [0.717, 1.165) is 12.8 Å². The van der Waals surface area contributed by atoms with Crippen LogP contribution in [0.2, 0.25) is 5.02 Å². The Labute approximate surface area is 116 Å². The SMILES string of the molecule is CCC(CC)(CCl)CNC(=O)c1sccc1Cl. The fraction of sp³-hybridized carbons (Fsp3) is 0.583. The Morgan fingerprint density at radius 1 is 1.47 bits per heavy atom. The standard InChI is InChI=1S/C12H17Cl2NOS/c1-3-12(4-2,7-13)8-15-11(16)10-9(14)5-6-17-10/h5-6H,3-4,7-8H2,1-2H3,(H,15,16). The van der Waals surface area contributed by atoms with Gasteiger partial charge in [-0.15, -0.1) is 22.9 Å². The predicted octanol–water partition coefficient (Wildman–Crippen LogP) is 4.18. The van der Waals surface area contributed by atoms with Crippen molar-refractivity contribution in [3.8, 4) is 0 Å². The minimum atomic E-state index is -0.110. The first-order valence-corrected chi connectivity index (χ1v) is 7.45. The van der Waals surface area contributed by atoms with Gasteiger partial charge in [0.25, 0.3) is 5.91 Å². The molecule has 0 unspecified atom stereocenters. The van der Waals surface area contributed by atoms with Crippen molar-refractivity contribution < 1.29 is 4.79 Å². The van der Waals surface area contributed by atoms with E-state index in [9.17, 15) is 4.79 Å². The fourth-order valence-corrected chi connectivity index (χ4v) is 3.07. The third kappa shape index (κ3) is 3.60. The molecule has 0 fully saturated rings. The zero-order chi connectivity index (χ0) is 12.9. The van der Waals surface area contributed by atoms with Crippen molar-refractivity contribution in [1.29, 1.82) is 0 Å². The number of carbonyl (C=O) groups is 1. The van der Waals surface area contributed by atoms with Crippen LogP contribution in [0.5, 0.6) is 0 Å². The van der Waals surface area contributed by atoms with Crippen molar-refractivity contribution in [1.82, 2.24) is 5.32 Å². The van der Waals surface area contributed by atoms with Crippen molar-refractivity contribution in [2.75, 3.05) is 12.4 Å². The van der Waals surface area contributed by atoms with E-state index in [4.69, 9.17) is 23.2 Å². The van der Waals surface area contributed by atoms with Crippen molar-refractivity contribution >= 4 is 40.4 Å². The van der Waals surface area contributed by atoms with E-state index in [0.29, 0.717) is 22.3 Å². The maximum Gasteiger partial charge on any atom is 0.262 e. The summed E-state index contributed by atoms with van der Waals surface area (Å²) < 4.78 is 0. The topological polar surface area (TPSA) is 29.1 Å². The molecule has 1 aromatic heterocycles. The van der Waals surface area contributed by atoms with Gasteiger partial charge >= 0.3 is 0 Å². The molecule has 1 heterocycles. The Balaban J connectivity index is 2.62. The molecule has 0 aliphatic rings. The first-order chi connectivity index (χ1) is 8.08. The van der Waals surface area contributed by atoms with Gasteiger partial charge in [0.15, 0.2) is 0 Å². The molecule has 1 amide bonds. The minimum Gasteiger partial charge on any atom is -0.351 e. The third-order valence-corrected chi connectivity index (χ3v) is 5.14. The summed E-state index contributed by atoms with van der Waals surface area (Å²) in [7, 11) is 0. The summed E-state index contributed by atoms with van der Waals surface area (Å²) in [6.45, 7) is 4.78. The van der Waals surface area contributed by atoms with E-state index < -0.39 is 0 Å². The van der Waals surface area contributed by atoms with Gasteiger partial charge in [-0.05, 0) is 24.3 Å². The highest BCUT2D eigenvalue weighted by molar-refractivity contribution is 7.12. The lowest BCUT2D eigenvalue weighted by Crippen LogP contribution is -2.38. The number of alkyl halides is 1. The second kappa shape index (κ2) is 6.62. The van der Waals surface area contributed by atoms with Crippen molar-refractivity contribution in [2.24, 2.45) is 5.41 Å². The highest BCUT2D eigenvalue weighted by Gasteiger charge is 2.26. The third-order valence-electron chi connectivity index (χ3n) is 3.23. The molecule has 2 nitrogen and oxygen atoms in total. The predicted molar refractivity (Wildman–Crippen MR) is 75.4 cm³/mol.